The highest BCUT2D eigenvalue weighted by atomic mass is 19.1. The van der Waals surface area contributed by atoms with Gasteiger partial charge in [-0.2, -0.15) is 0 Å². The van der Waals surface area contributed by atoms with Gasteiger partial charge in [0, 0.05) is 30.9 Å². The van der Waals surface area contributed by atoms with Crippen LogP contribution >= 0.6 is 0 Å². The van der Waals surface area contributed by atoms with Crippen molar-refractivity contribution in [3.8, 4) is 0 Å². The van der Waals surface area contributed by atoms with Crippen molar-refractivity contribution in [3.63, 3.8) is 0 Å². The molecule has 6 nitrogen and oxygen atoms in total. The highest BCUT2D eigenvalue weighted by Gasteiger charge is 2.19. The average molecular weight is 475 g/mol. The van der Waals surface area contributed by atoms with E-state index in [1.165, 1.54) is 29.8 Å². The van der Waals surface area contributed by atoms with Crippen LogP contribution in [-0.4, -0.2) is 25.0 Å². The van der Waals surface area contributed by atoms with Gasteiger partial charge in [0.05, 0.1) is 11.4 Å². The molecule has 1 heterocycles. The fourth-order valence-electron chi connectivity index (χ4n) is 4.13. The van der Waals surface area contributed by atoms with E-state index in [1.54, 1.807) is 12.1 Å². The molecule has 4 rings (SSSR count). The van der Waals surface area contributed by atoms with Crippen LogP contribution in [0.25, 0.3) is 0 Å². The Morgan fingerprint density at radius 1 is 0.914 bits per heavy atom. The number of benzene rings is 3. The molecule has 0 radical (unpaired) electrons. The van der Waals surface area contributed by atoms with Gasteiger partial charge in [0.1, 0.15) is 5.82 Å². The molecule has 0 atom stereocenters. The third-order valence-corrected chi connectivity index (χ3v) is 6.16. The van der Waals surface area contributed by atoms with Crippen molar-refractivity contribution in [2.24, 2.45) is 0 Å². The van der Waals surface area contributed by atoms with E-state index in [4.69, 9.17) is 0 Å². The Hall–Kier alpha value is -3.87. The molecule has 0 bridgehead atoms. The number of nitrogens with one attached hydrogen (secondary N) is 3. The number of urea groups is 1. The number of carbonyl (C=O) groups is 2. The van der Waals surface area contributed by atoms with Crippen molar-refractivity contribution in [1.29, 1.82) is 0 Å². The second kappa shape index (κ2) is 11.0. The molecule has 1 aliphatic rings. The molecule has 182 valence electrons. The molecule has 1 fully saturated rings. The van der Waals surface area contributed by atoms with E-state index >= 15 is 0 Å². The van der Waals surface area contributed by atoms with Crippen molar-refractivity contribution in [2.75, 3.05) is 28.6 Å². The molecule has 0 spiro atoms. The highest BCUT2D eigenvalue weighted by Crippen LogP contribution is 2.30. The smallest absolute Gasteiger partial charge is 0.323 e. The van der Waals surface area contributed by atoms with Crippen molar-refractivity contribution in [3.05, 3.63) is 89.2 Å². The summed E-state index contributed by atoms with van der Waals surface area (Å²) < 4.78 is 13.2. The van der Waals surface area contributed by atoms with Gasteiger partial charge in [-0.25, -0.2) is 9.18 Å². The Balaban J connectivity index is 1.47. The summed E-state index contributed by atoms with van der Waals surface area (Å²) in [6, 6.07) is 18.7. The van der Waals surface area contributed by atoms with Crippen LogP contribution in [0.2, 0.25) is 0 Å². The zero-order valence-corrected chi connectivity index (χ0v) is 20.1. The first-order valence-corrected chi connectivity index (χ1v) is 12.0. The van der Waals surface area contributed by atoms with Crippen LogP contribution in [0.3, 0.4) is 0 Å². The summed E-state index contributed by atoms with van der Waals surface area (Å²) in [4.78, 5) is 27.8. The molecular formula is C28H31FN4O2. The lowest BCUT2D eigenvalue weighted by Crippen LogP contribution is -2.26. The number of nitrogens with zero attached hydrogens (tertiary/aromatic N) is 1. The fourth-order valence-corrected chi connectivity index (χ4v) is 4.13. The predicted octanol–water partition coefficient (Wildman–Crippen LogP) is 6.12. The summed E-state index contributed by atoms with van der Waals surface area (Å²) in [5.41, 5.74) is 4.64. The number of anilines is 3. The van der Waals surface area contributed by atoms with Gasteiger partial charge in [0.15, 0.2) is 0 Å². The fraction of sp³-hybridized carbons (Fsp3) is 0.286. The summed E-state index contributed by atoms with van der Waals surface area (Å²) in [6.45, 7) is 6.50. The Morgan fingerprint density at radius 3 is 2.26 bits per heavy atom. The van der Waals surface area contributed by atoms with Gasteiger partial charge in [-0.3, -0.25) is 4.79 Å². The number of hydrogen-bond donors (Lipinski definition) is 3. The van der Waals surface area contributed by atoms with Crippen molar-refractivity contribution < 1.29 is 14.0 Å². The number of halogens is 1. The summed E-state index contributed by atoms with van der Waals surface area (Å²) in [6.07, 6.45) is 2.16. The zero-order chi connectivity index (χ0) is 24.8. The predicted molar refractivity (Wildman–Crippen MR) is 139 cm³/mol. The van der Waals surface area contributed by atoms with Crippen molar-refractivity contribution >= 4 is 29.0 Å². The van der Waals surface area contributed by atoms with Gasteiger partial charge in [0.25, 0.3) is 5.91 Å². The number of rotatable bonds is 7. The largest absolute Gasteiger partial charge is 0.370 e. The van der Waals surface area contributed by atoms with E-state index in [0.29, 0.717) is 29.4 Å². The van der Waals surface area contributed by atoms with Crippen LogP contribution in [0.1, 0.15) is 54.1 Å². The normalized spacial score (nSPS) is 13.1. The van der Waals surface area contributed by atoms with E-state index in [0.717, 1.165) is 37.2 Å². The van der Waals surface area contributed by atoms with E-state index in [9.17, 15) is 14.0 Å². The van der Waals surface area contributed by atoms with Crippen LogP contribution in [0.5, 0.6) is 0 Å². The highest BCUT2D eigenvalue weighted by molar-refractivity contribution is 6.04. The van der Waals surface area contributed by atoms with Gasteiger partial charge in [-0.05, 0) is 72.4 Å². The number of carbonyl (C=O) groups excluding carboxylic acids is 2. The number of amides is 3. The molecule has 0 aromatic heterocycles. The number of hydrogen-bond acceptors (Lipinski definition) is 3. The standard InChI is InChI=1S/C28H31FN4O2/c1-19(2)21-7-5-20(6-8-21)18-30-27(34)22-9-14-26(33-15-3-4-16-33)25(17-22)32-28(35)31-24-12-10-23(29)11-13-24/h5-14,17,19H,3-4,15-16,18H2,1-2H3,(H,30,34)(H2,31,32,35). The molecule has 0 saturated carbocycles. The Labute approximate surface area is 205 Å². The maximum atomic E-state index is 13.2. The lowest BCUT2D eigenvalue weighted by Gasteiger charge is -2.22. The molecule has 7 heteroatoms. The summed E-state index contributed by atoms with van der Waals surface area (Å²) in [7, 11) is 0. The van der Waals surface area contributed by atoms with Crippen LogP contribution in [-0.2, 0) is 6.54 Å². The third-order valence-electron chi connectivity index (χ3n) is 6.16. The van der Waals surface area contributed by atoms with Crippen LogP contribution < -0.4 is 20.9 Å². The second-order valence-corrected chi connectivity index (χ2v) is 9.09. The van der Waals surface area contributed by atoms with Gasteiger partial charge in [-0.15, -0.1) is 0 Å². The maximum absolute atomic E-state index is 13.2. The Kier molecular flexibility index (Phi) is 7.65. The minimum Gasteiger partial charge on any atom is -0.370 e. The molecule has 1 aliphatic heterocycles. The Morgan fingerprint density at radius 2 is 1.60 bits per heavy atom. The maximum Gasteiger partial charge on any atom is 0.323 e. The topological polar surface area (TPSA) is 73.5 Å². The molecule has 3 aromatic carbocycles. The van der Waals surface area contributed by atoms with Crippen molar-refractivity contribution in [2.45, 2.75) is 39.2 Å². The van der Waals surface area contributed by atoms with Crippen LogP contribution in [0, 0.1) is 5.82 Å². The van der Waals surface area contributed by atoms with Gasteiger partial charge < -0.3 is 20.9 Å². The van der Waals surface area contributed by atoms with Crippen molar-refractivity contribution in [1.82, 2.24) is 5.32 Å². The molecule has 0 unspecified atom stereocenters. The molecular weight excluding hydrogens is 443 g/mol. The quantitative estimate of drug-likeness (QED) is 0.386. The average Bonchev–Trinajstić information content (AvgIpc) is 3.39. The first-order chi connectivity index (χ1) is 16.9. The lowest BCUT2D eigenvalue weighted by molar-refractivity contribution is 0.0951. The zero-order valence-electron chi connectivity index (χ0n) is 20.1. The summed E-state index contributed by atoms with van der Waals surface area (Å²) >= 11 is 0. The first-order valence-electron chi connectivity index (χ1n) is 12.0. The molecule has 3 N–H and O–H groups in total. The molecule has 35 heavy (non-hydrogen) atoms. The van der Waals surface area contributed by atoms with Gasteiger partial charge >= 0.3 is 6.03 Å². The lowest BCUT2D eigenvalue weighted by atomic mass is 10.0. The van der Waals surface area contributed by atoms with E-state index in [2.05, 4.69) is 46.8 Å². The summed E-state index contributed by atoms with van der Waals surface area (Å²) in [5.74, 6) is -0.131. The van der Waals surface area contributed by atoms with E-state index < -0.39 is 6.03 Å². The molecule has 0 aliphatic carbocycles. The monoisotopic (exact) mass is 474 g/mol. The van der Waals surface area contributed by atoms with Crippen LogP contribution in [0.15, 0.2) is 66.7 Å². The SMILES string of the molecule is CC(C)c1ccc(CNC(=O)c2ccc(N3CCCC3)c(NC(=O)Nc3ccc(F)cc3)c2)cc1. The van der Waals surface area contributed by atoms with E-state index in [1.807, 2.05) is 18.2 Å². The van der Waals surface area contributed by atoms with E-state index in [-0.39, 0.29) is 11.7 Å². The first kappa shape index (κ1) is 24.3. The van der Waals surface area contributed by atoms with Crippen LogP contribution in [0.4, 0.5) is 26.2 Å². The van der Waals surface area contributed by atoms with Gasteiger partial charge in [0.2, 0.25) is 0 Å². The minimum absolute atomic E-state index is 0.215. The Bertz CT molecular complexity index is 1170. The third kappa shape index (κ3) is 6.38. The summed E-state index contributed by atoms with van der Waals surface area (Å²) in [5, 5.41) is 8.54. The molecule has 3 amide bonds. The minimum atomic E-state index is -0.458. The van der Waals surface area contributed by atoms with Gasteiger partial charge in [-0.1, -0.05) is 38.1 Å². The molecule has 1 saturated heterocycles. The molecule has 3 aromatic rings. The second-order valence-electron chi connectivity index (χ2n) is 9.09.